The van der Waals surface area contributed by atoms with E-state index in [1.165, 1.54) is 17.8 Å². The Kier molecular flexibility index (Phi) is 7.01. The normalized spacial score (nSPS) is 15.0. The molecule has 1 saturated carbocycles. The Balaban J connectivity index is 1.85. The van der Waals surface area contributed by atoms with E-state index in [4.69, 9.17) is 0 Å². The highest BCUT2D eigenvalue weighted by Gasteiger charge is 2.28. The summed E-state index contributed by atoms with van der Waals surface area (Å²) in [5.74, 6) is 0.331. The zero-order valence-electron chi connectivity index (χ0n) is 19.3. The van der Waals surface area contributed by atoms with E-state index in [1.54, 1.807) is 6.07 Å². The number of nitrogens with one attached hydrogen (secondary N) is 1. The maximum atomic E-state index is 12.8. The number of hydrogen-bond acceptors (Lipinski definition) is 4. The monoisotopic (exact) mass is 486 g/mol. The van der Waals surface area contributed by atoms with E-state index in [9.17, 15) is 22.5 Å². The van der Waals surface area contributed by atoms with Gasteiger partial charge in [-0.1, -0.05) is 38.8 Å². The molecule has 34 heavy (non-hydrogen) atoms. The van der Waals surface area contributed by atoms with Gasteiger partial charge in [0.25, 0.3) is 0 Å². The zero-order valence-corrected chi connectivity index (χ0v) is 20.1. The summed E-state index contributed by atoms with van der Waals surface area (Å²) < 4.78 is 54.9. The molecule has 0 bridgehead atoms. The van der Waals surface area contributed by atoms with Crippen LogP contribution in [0.15, 0.2) is 41.4 Å². The summed E-state index contributed by atoms with van der Waals surface area (Å²) in [5.41, 5.74) is 3.83. The molecular weight excluding hydrogens is 458 g/mol. The molecule has 0 saturated heterocycles. The van der Waals surface area contributed by atoms with Crippen LogP contribution in [0.3, 0.4) is 0 Å². The summed E-state index contributed by atoms with van der Waals surface area (Å²) in [6.07, 6.45) is 5.38. The summed E-state index contributed by atoms with van der Waals surface area (Å²) in [7, 11) is -4.13. The van der Waals surface area contributed by atoms with Gasteiger partial charge in [0.1, 0.15) is 24.3 Å². The first kappa shape index (κ1) is 24.3. The van der Waals surface area contributed by atoms with Crippen molar-refractivity contribution in [1.29, 1.82) is 5.26 Å². The predicted molar refractivity (Wildman–Crippen MR) is 128 cm³/mol. The molecule has 0 amide bonds. The number of benzene rings is 1. The van der Waals surface area contributed by atoms with Crippen molar-refractivity contribution in [2.75, 3.05) is 13.3 Å². The number of halogens is 2. The molecule has 0 radical (unpaired) electrons. The van der Waals surface area contributed by atoms with Crippen LogP contribution in [0.25, 0.3) is 22.3 Å². The SMILES string of the molecule is CC(C)c1ccc2c(C#N)c(-c3ccc(S(=O)(=O)NC(CF)CF)cn3)n(C3CCCC3)c2c1. The van der Waals surface area contributed by atoms with Gasteiger partial charge in [0.2, 0.25) is 10.0 Å². The zero-order chi connectivity index (χ0) is 24.5. The van der Waals surface area contributed by atoms with Crippen LogP contribution in [0.4, 0.5) is 8.78 Å². The van der Waals surface area contributed by atoms with E-state index in [2.05, 4.69) is 35.5 Å². The lowest BCUT2D eigenvalue weighted by Crippen LogP contribution is -2.37. The van der Waals surface area contributed by atoms with Crippen molar-refractivity contribution in [2.24, 2.45) is 0 Å². The van der Waals surface area contributed by atoms with Crippen LogP contribution in [0.2, 0.25) is 0 Å². The smallest absolute Gasteiger partial charge is 0.242 e. The lowest BCUT2D eigenvalue weighted by molar-refractivity contribution is 0.334. The number of nitrogens with zero attached hydrogens (tertiary/aromatic N) is 3. The van der Waals surface area contributed by atoms with Gasteiger partial charge in [0.15, 0.2) is 0 Å². The molecule has 1 aliphatic rings. The van der Waals surface area contributed by atoms with E-state index >= 15 is 0 Å². The van der Waals surface area contributed by atoms with E-state index in [0.717, 1.165) is 36.6 Å². The number of alkyl halides is 2. The molecule has 2 heterocycles. The molecule has 9 heteroatoms. The average Bonchev–Trinajstić information content (AvgIpc) is 3.47. The maximum Gasteiger partial charge on any atom is 0.242 e. The van der Waals surface area contributed by atoms with Gasteiger partial charge in [0, 0.05) is 17.6 Å². The highest BCUT2D eigenvalue weighted by molar-refractivity contribution is 7.89. The molecule has 1 aliphatic carbocycles. The van der Waals surface area contributed by atoms with Gasteiger partial charge in [-0.25, -0.2) is 21.9 Å². The summed E-state index contributed by atoms with van der Waals surface area (Å²) in [6.45, 7) is 1.96. The van der Waals surface area contributed by atoms with Crippen LogP contribution in [0, 0.1) is 11.3 Å². The fraction of sp³-hybridized carbons (Fsp3) is 0.440. The van der Waals surface area contributed by atoms with Crippen molar-refractivity contribution in [3.05, 3.63) is 47.7 Å². The number of rotatable bonds is 8. The number of aromatic nitrogens is 2. The molecular formula is C25H28F2N4O2S. The molecule has 6 nitrogen and oxygen atoms in total. The third-order valence-electron chi connectivity index (χ3n) is 6.48. The van der Waals surface area contributed by atoms with Gasteiger partial charge in [-0.2, -0.15) is 5.26 Å². The van der Waals surface area contributed by atoms with Crippen molar-refractivity contribution < 1.29 is 17.2 Å². The lowest BCUT2D eigenvalue weighted by Gasteiger charge is -2.19. The number of hydrogen-bond donors (Lipinski definition) is 1. The van der Waals surface area contributed by atoms with Crippen molar-refractivity contribution in [3.8, 4) is 17.5 Å². The molecule has 180 valence electrons. The Labute approximate surface area is 198 Å². The van der Waals surface area contributed by atoms with Crippen LogP contribution >= 0.6 is 0 Å². The van der Waals surface area contributed by atoms with Crippen molar-refractivity contribution >= 4 is 20.9 Å². The molecule has 0 atom stereocenters. The first-order valence-electron chi connectivity index (χ1n) is 11.5. The Morgan fingerprint density at radius 3 is 2.44 bits per heavy atom. The Bertz CT molecular complexity index is 1320. The number of sulfonamides is 1. The largest absolute Gasteiger partial charge is 0.335 e. The van der Waals surface area contributed by atoms with E-state index in [1.807, 2.05) is 16.9 Å². The van der Waals surface area contributed by atoms with Crippen molar-refractivity contribution in [3.63, 3.8) is 0 Å². The minimum Gasteiger partial charge on any atom is -0.335 e. The van der Waals surface area contributed by atoms with Gasteiger partial charge in [-0.15, -0.1) is 0 Å². The fourth-order valence-electron chi connectivity index (χ4n) is 4.66. The van der Waals surface area contributed by atoms with Crippen LogP contribution in [-0.2, 0) is 10.0 Å². The van der Waals surface area contributed by atoms with Gasteiger partial charge < -0.3 is 4.57 Å². The first-order valence-corrected chi connectivity index (χ1v) is 13.0. The molecule has 3 aromatic rings. The van der Waals surface area contributed by atoms with Crippen LogP contribution in [0.1, 0.15) is 62.6 Å². The standard InChI is InChI=1S/C25H28F2N4O2S/c1-16(2)17-7-9-21-22(14-28)25(31(24(21)11-17)19-5-3-4-6-19)23-10-8-20(15-29-23)34(32,33)30-18(12-26)13-27/h7-11,15-16,18-19,30H,3-6,12-13H2,1-2H3. The van der Waals surface area contributed by atoms with E-state index < -0.39 is 29.4 Å². The number of nitriles is 1. The summed E-state index contributed by atoms with van der Waals surface area (Å²) in [4.78, 5) is 4.20. The minimum absolute atomic E-state index is 0.188. The van der Waals surface area contributed by atoms with Crippen LogP contribution < -0.4 is 4.72 Å². The molecule has 0 spiro atoms. The average molecular weight is 487 g/mol. The second-order valence-corrected chi connectivity index (χ2v) is 10.8. The lowest BCUT2D eigenvalue weighted by atomic mass is 10.0. The van der Waals surface area contributed by atoms with Crippen LogP contribution in [0.5, 0.6) is 0 Å². The predicted octanol–water partition coefficient (Wildman–Crippen LogP) is 5.40. The molecule has 2 aromatic heterocycles. The minimum atomic E-state index is -4.13. The molecule has 1 fully saturated rings. The first-order chi connectivity index (χ1) is 16.3. The Hall–Kier alpha value is -2.83. The van der Waals surface area contributed by atoms with Crippen molar-refractivity contribution in [2.45, 2.75) is 62.4 Å². The molecule has 0 unspecified atom stereocenters. The number of fused-ring (bicyclic) bond motifs is 1. The molecule has 4 rings (SSSR count). The molecule has 0 aliphatic heterocycles. The Morgan fingerprint density at radius 1 is 1.18 bits per heavy atom. The quantitative estimate of drug-likeness (QED) is 0.462. The Morgan fingerprint density at radius 2 is 1.88 bits per heavy atom. The third kappa shape index (κ3) is 4.44. The van der Waals surface area contributed by atoms with Gasteiger partial charge in [-0.3, -0.25) is 4.98 Å². The van der Waals surface area contributed by atoms with Crippen molar-refractivity contribution in [1.82, 2.24) is 14.3 Å². The molecule has 1 N–H and O–H groups in total. The number of pyridine rings is 1. The highest BCUT2D eigenvalue weighted by Crippen LogP contribution is 2.41. The van der Waals surface area contributed by atoms with Gasteiger partial charge in [0.05, 0.1) is 28.5 Å². The van der Waals surface area contributed by atoms with E-state index in [0.29, 0.717) is 22.9 Å². The summed E-state index contributed by atoms with van der Waals surface area (Å²) >= 11 is 0. The van der Waals surface area contributed by atoms with Gasteiger partial charge >= 0.3 is 0 Å². The van der Waals surface area contributed by atoms with E-state index in [-0.39, 0.29) is 10.9 Å². The third-order valence-corrected chi connectivity index (χ3v) is 7.99. The fourth-order valence-corrected chi connectivity index (χ4v) is 5.80. The molecule has 1 aromatic carbocycles. The second kappa shape index (κ2) is 9.80. The maximum absolute atomic E-state index is 12.8. The van der Waals surface area contributed by atoms with Gasteiger partial charge in [-0.05, 0) is 42.5 Å². The topological polar surface area (TPSA) is 87.8 Å². The summed E-state index contributed by atoms with van der Waals surface area (Å²) in [5, 5.41) is 10.9. The second-order valence-electron chi connectivity index (χ2n) is 9.08. The summed E-state index contributed by atoms with van der Waals surface area (Å²) in [6, 6.07) is 10.2. The highest BCUT2D eigenvalue weighted by atomic mass is 32.2. The van der Waals surface area contributed by atoms with Crippen LogP contribution in [-0.4, -0.2) is 37.4 Å².